The van der Waals surface area contributed by atoms with Gasteiger partial charge in [0, 0.05) is 36.8 Å². The maximum Gasteiger partial charge on any atom is 0.228 e. The number of carbonyl (C=O) groups excluding carboxylic acids is 1. The topological polar surface area (TPSA) is 45.2 Å². The predicted molar refractivity (Wildman–Crippen MR) is 138 cm³/mol. The Labute approximate surface area is 209 Å². The lowest BCUT2D eigenvalue weighted by atomic mass is 9.65. The molecule has 0 unspecified atom stereocenters. The van der Waals surface area contributed by atoms with Crippen molar-refractivity contribution >= 4 is 17.5 Å². The predicted octanol–water partition coefficient (Wildman–Crippen LogP) is 5.74. The van der Waals surface area contributed by atoms with Crippen molar-refractivity contribution < 1.29 is 4.79 Å². The number of aromatic nitrogens is 1. The minimum Gasteiger partial charge on any atom is -0.339 e. The van der Waals surface area contributed by atoms with Gasteiger partial charge in [-0.15, -0.1) is 0 Å². The van der Waals surface area contributed by atoms with Crippen LogP contribution in [0.25, 0.3) is 0 Å². The molecule has 4 atom stereocenters. The summed E-state index contributed by atoms with van der Waals surface area (Å²) < 4.78 is 0. The molecular weight excluding hydrogens is 442 g/mol. The number of benzene rings is 1. The number of amides is 1. The Balaban J connectivity index is 1.45. The lowest BCUT2D eigenvalue weighted by Crippen LogP contribution is -2.55. The summed E-state index contributed by atoms with van der Waals surface area (Å²) in [4.78, 5) is 21.3. The highest BCUT2D eigenvalue weighted by Gasteiger charge is 2.52. The average molecular weight is 480 g/mol. The molecule has 1 N–H and O–H groups in total. The molecule has 3 heterocycles. The number of likely N-dealkylation sites (tertiary alicyclic amines) is 1. The molecule has 1 aromatic heterocycles. The molecule has 1 spiro atoms. The number of halogens is 1. The molecular formula is C29H38ClN3O. The van der Waals surface area contributed by atoms with Crippen molar-refractivity contribution in [2.24, 2.45) is 11.8 Å². The molecule has 5 heteroatoms. The normalized spacial score (nSPS) is 28.9. The third kappa shape index (κ3) is 4.18. The Bertz CT molecular complexity index is 1010. The summed E-state index contributed by atoms with van der Waals surface area (Å²) in [6, 6.07) is 15.3. The van der Waals surface area contributed by atoms with E-state index in [0.29, 0.717) is 28.9 Å². The summed E-state index contributed by atoms with van der Waals surface area (Å²) >= 11 is 6.24. The third-order valence-electron chi connectivity index (χ3n) is 9.06. The van der Waals surface area contributed by atoms with Gasteiger partial charge in [-0.05, 0) is 61.1 Å². The first kappa shape index (κ1) is 23.8. The summed E-state index contributed by atoms with van der Waals surface area (Å²) in [5, 5.41) is 4.16. The molecule has 4 nitrogen and oxygen atoms in total. The molecule has 1 aliphatic carbocycles. The van der Waals surface area contributed by atoms with Gasteiger partial charge < -0.3 is 10.2 Å². The summed E-state index contributed by atoms with van der Waals surface area (Å²) in [6.07, 6.45) is 7.42. The fourth-order valence-corrected chi connectivity index (χ4v) is 7.40. The van der Waals surface area contributed by atoms with Gasteiger partial charge in [0.05, 0.1) is 5.92 Å². The molecule has 2 aliphatic heterocycles. The summed E-state index contributed by atoms with van der Waals surface area (Å²) in [7, 11) is 0. The number of nitrogens with one attached hydrogen (secondary N) is 1. The molecule has 2 aromatic rings. The molecule has 0 radical (unpaired) electrons. The fourth-order valence-electron chi connectivity index (χ4n) is 7.23. The molecule has 1 amide bonds. The van der Waals surface area contributed by atoms with E-state index in [1.54, 1.807) is 0 Å². The van der Waals surface area contributed by atoms with Crippen molar-refractivity contribution in [2.75, 3.05) is 19.6 Å². The number of hydrogen-bond donors (Lipinski definition) is 1. The SMILES string of the molecule is CCC(CC)[C@@H]1C[C@H](c2ccccc2)CCN1C(=O)[C@@H]1CNC[C@]12CCCc1nc(Cl)ccc12. The van der Waals surface area contributed by atoms with E-state index in [0.717, 1.165) is 70.3 Å². The van der Waals surface area contributed by atoms with Gasteiger partial charge in [-0.25, -0.2) is 4.98 Å². The Morgan fingerprint density at radius 3 is 2.76 bits per heavy atom. The largest absolute Gasteiger partial charge is 0.339 e. The number of fused-ring (bicyclic) bond motifs is 2. The van der Waals surface area contributed by atoms with Crippen LogP contribution in [0.2, 0.25) is 5.15 Å². The van der Waals surface area contributed by atoms with Gasteiger partial charge >= 0.3 is 0 Å². The van der Waals surface area contributed by atoms with Crippen molar-refractivity contribution in [3.8, 4) is 0 Å². The molecule has 182 valence electrons. The third-order valence-corrected chi connectivity index (χ3v) is 9.27. The van der Waals surface area contributed by atoms with Crippen LogP contribution in [0.4, 0.5) is 0 Å². The van der Waals surface area contributed by atoms with Crippen LogP contribution in [0, 0.1) is 11.8 Å². The second kappa shape index (κ2) is 9.99. The highest BCUT2D eigenvalue weighted by atomic mass is 35.5. The number of pyridine rings is 1. The van der Waals surface area contributed by atoms with E-state index in [1.165, 1.54) is 11.1 Å². The van der Waals surface area contributed by atoms with Gasteiger partial charge in [-0.2, -0.15) is 0 Å². The lowest BCUT2D eigenvalue weighted by Gasteiger charge is -2.47. The van der Waals surface area contributed by atoms with E-state index >= 15 is 0 Å². The zero-order valence-electron chi connectivity index (χ0n) is 20.6. The first-order valence-corrected chi connectivity index (χ1v) is 13.7. The van der Waals surface area contributed by atoms with E-state index in [4.69, 9.17) is 11.6 Å². The smallest absolute Gasteiger partial charge is 0.228 e. The Morgan fingerprint density at radius 2 is 2.00 bits per heavy atom. The van der Waals surface area contributed by atoms with Crippen LogP contribution >= 0.6 is 11.6 Å². The number of piperidine rings is 1. The van der Waals surface area contributed by atoms with Crippen LogP contribution in [-0.2, 0) is 16.6 Å². The fraction of sp³-hybridized carbons (Fsp3) is 0.586. The Hall–Kier alpha value is -1.91. The maximum absolute atomic E-state index is 14.4. The van der Waals surface area contributed by atoms with Crippen LogP contribution in [0.15, 0.2) is 42.5 Å². The first-order valence-electron chi connectivity index (χ1n) is 13.3. The molecule has 34 heavy (non-hydrogen) atoms. The van der Waals surface area contributed by atoms with Gasteiger partial charge in [-0.3, -0.25) is 4.79 Å². The monoisotopic (exact) mass is 479 g/mol. The van der Waals surface area contributed by atoms with Crippen molar-refractivity contribution in [3.63, 3.8) is 0 Å². The lowest BCUT2D eigenvalue weighted by molar-refractivity contribution is -0.142. The molecule has 5 rings (SSSR count). The Morgan fingerprint density at radius 1 is 1.21 bits per heavy atom. The van der Waals surface area contributed by atoms with Crippen molar-refractivity contribution in [2.45, 2.75) is 76.2 Å². The summed E-state index contributed by atoms with van der Waals surface area (Å²) in [5.41, 5.74) is 3.62. The molecule has 0 saturated carbocycles. The molecule has 0 bridgehead atoms. The Kier molecular flexibility index (Phi) is 7.00. The standard InChI is InChI=1S/C29H38ClN3O/c1-3-20(4-2)26-17-22(21-9-6-5-7-10-21)14-16-33(26)28(34)24-18-31-19-29(24)15-8-11-25-23(29)12-13-27(30)32-25/h5-7,9-10,12-13,20,22,24,26,31H,3-4,8,11,14-19H2,1-2H3/t22-,24+,26+,29+/m1/s1. The number of carbonyl (C=O) groups is 1. The van der Waals surface area contributed by atoms with Gasteiger partial charge in [-0.1, -0.05) is 74.7 Å². The van der Waals surface area contributed by atoms with E-state index in [9.17, 15) is 4.79 Å². The van der Waals surface area contributed by atoms with Crippen LogP contribution in [0.1, 0.15) is 75.1 Å². The highest BCUT2D eigenvalue weighted by Crippen LogP contribution is 2.47. The van der Waals surface area contributed by atoms with Gasteiger partial charge in [0.15, 0.2) is 0 Å². The molecule has 1 aromatic carbocycles. The van der Waals surface area contributed by atoms with E-state index < -0.39 is 0 Å². The minimum absolute atomic E-state index is 0.0281. The quantitative estimate of drug-likeness (QED) is 0.556. The van der Waals surface area contributed by atoms with E-state index in [2.05, 4.69) is 65.4 Å². The average Bonchev–Trinajstić information content (AvgIpc) is 3.28. The summed E-state index contributed by atoms with van der Waals surface area (Å²) in [5.74, 6) is 1.41. The minimum atomic E-state index is -0.156. The van der Waals surface area contributed by atoms with E-state index in [1.807, 2.05) is 6.07 Å². The van der Waals surface area contributed by atoms with Crippen LogP contribution in [-0.4, -0.2) is 41.5 Å². The van der Waals surface area contributed by atoms with Gasteiger partial charge in [0.1, 0.15) is 5.15 Å². The number of aryl methyl sites for hydroxylation is 1. The number of rotatable bonds is 5. The van der Waals surface area contributed by atoms with Crippen molar-refractivity contribution in [3.05, 3.63) is 64.4 Å². The molecule has 3 aliphatic rings. The second-order valence-electron chi connectivity index (χ2n) is 10.6. The molecule has 2 saturated heterocycles. The highest BCUT2D eigenvalue weighted by molar-refractivity contribution is 6.29. The van der Waals surface area contributed by atoms with Crippen molar-refractivity contribution in [1.29, 1.82) is 0 Å². The maximum atomic E-state index is 14.4. The first-order chi connectivity index (χ1) is 16.6. The van der Waals surface area contributed by atoms with E-state index in [-0.39, 0.29) is 11.3 Å². The van der Waals surface area contributed by atoms with Gasteiger partial charge in [0.25, 0.3) is 0 Å². The zero-order valence-corrected chi connectivity index (χ0v) is 21.4. The van der Waals surface area contributed by atoms with Crippen molar-refractivity contribution in [1.82, 2.24) is 15.2 Å². The number of hydrogen-bond acceptors (Lipinski definition) is 3. The zero-order chi connectivity index (χ0) is 23.7. The van der Waals surface area contributed by atoms with Crippen LogP contribution in [0.5, 0.6) is 0 Å². The summed E-state index contributed by atoms with van der Waals surface area (Å²) in [6.45, 7) is 7.05. The van der Waals surface area contributed by atoms with Gasteiger partial charge in [0.2, 0.25) is 5.91 Å². The number of nitrogens with zero attached hydrogens (tertiary/aromatic N) is 2. The van der Waals surface area contributed by atoms with Crippen LogP contribution < -0.4 is 5.32 Å². The second-order valence-corrected chi connectivity index (χ2v) is 11.0. The van der Waals surface area contributed by atoms with Crippen LogP contribution in [0.3, 0.4) is 0 Å². The molecule has 2 fully saturated rings.